The van der Waals surface area contributed by atoms with Crippen molar-refractivity contribution < 1.29 is 17.7 Å². The number of hydrogen-bond donors (Lipinski definition) is 1. The molecule has 0 unspecified atom stereocenters. The van der Waals surface area contributed by atoms with Crippen LogP contribution in [-0.2, 0) is 10.0 Å². The summed E-state index contributed by atoms with van der Waals surface area (Å²) in [5.74, 6) is -0.0601. The van der Waals surface area contributed by atoms with Gasteiger partial charge in [0.1, 0.15) is 0 Å². The van der Waals surface area contributed by atoms with Crippen molar-refractivity contribution in [3.05, 3.63) is 41.6 Å². The van der Waals surface area contributed by atoms with Crippen LogP contribution < -0.4 is 5.32 Å². The summed E-state index contributed by atoms with van der Waals surface area (Å²) in [4.78, 5) is 12.1. The number of nitrogens with zero attached hydrogens (tertiary/aromatic N) is 2. The van der Waals surface area contributed by atoms with E-state index in [4.69, 9.17) is 4.52 Å². The van der Waals surface area contributed by atoms with E-state index in [1.165, 1.54) is 4.31 Å². The molecule has 1 aromatic heterocycles. The van der Waals surface area contributed by atoms with E-state index in [9.17, 15) is 13.2 Å². The first-order valence-corrected chi connectivity index (χ1v) is 9.86. The summed E-state index contributed by atoms with van der Waals surface area (Å²) in [6.45, 7) is 3.17. The number of sulfonamides is 1. The lowest BCUT2D eigenvalue weighted by Crippen LogP contribution is -2.36. The summed E-state index contributed by atoms with van der Waals surface area (Å²) in [6, 6.07) is 9.22. The van der Waals surface area contributed by atoms with Crippen LogP contribution in [0.3, 0.4) is 0 Å². The smallest absolute Gasteiger partial charge is 0.273 e. The van der Waals surface area contributed by atoms with E-state index in [0.29, 0.717) is 18.8 Å². The highest BCUT2D eigenvalue weighted by Gasteiger charge is 2.25. The minimum absolute atomic E-state index is 0.0460. The lowest BCUT2D eigenvalue weighted by molar-refractivity contribution is 0.0947. The zero-order valence-electron chi connectivity index (χ0n) is 14.1. The summed E-state index contributed by atoms with van der Waals surface area (Å²) >= 11 is 0. The number of amides is 1. The molecule has 134 valence electrons. The Morgan fingerprint density at radius 2 is 1.92 bits per heavy atom. The molecule has 1 saturated heterocycles. The second-order valence-electron chi connectivity index (χ2n) is 6.12. The van der Waals surface area contributed by atoms with Crippen molar-refractivity contribution in [2.75, 3.05) is 25.4 Å². The van der Waals surface area contributed by atoms with Crippen molar-refractivity contribution in [2.24, 2.45) is 0 Å². The Bertz CT molecular complexity index is 837. The Kier molecular flexibility index (Phi) is 5.19. The van der Waals surface area contributed by atoms with Gasteiger partial charge in [0, 0.05) is 31.3 Å². The Hall–Kier alpha value is -2.19. The number of carbonyl (C=O) groups is 1. The molecule has 0 atom stereocenters. The van der Waals surface area contributed by atoms with Gasteiger partial charge in [-0.25, -0.2) is 12.7 Å². The van der Waals surface area contributed by atoms with Gasteiger partial charge in [0.05, 0.1) is 5.75 Å². The van der Waals surface area contributed by atoms with E-state index >= 15 is 0 Å². The number of carbonyl (C=O) groups excluding carboxylic acids is 1. The fourth-order valence-electron chi connectivity index (χ4n) is 2.72. The molecule has 2 aromatic rings. The maximum Gasteiger partial charge on any atom is 0.273 e. The Labute approximate surface area is 147 Å². The molecule has 0 aliphatic carbocycles. The van der Waals surface area contributed by atoms with Crippen LogP contribution in [0, 0.1) is 6.92 Å². The number of rotatable bonds is 6. The average molecular weight is 363 g/mol. The monoisotopic (exact) mass is 363 g/mol. The quantitative estimate of drug-likeness (QED) is 0.845. The van der Waals surface area contributed by atoms with Crippen molar-refractivity contribution in [2.45, 2.75) is 19.8 Å². The summed E-state index contributed by atoms with van der Waals surface area (Å²) in [7, 11) is -3.30. The molecule has 1 amide bonds. The lowest BCUT2D eigenvalue weighted by atomic mass is 10.1. The first-order chi connectivity index (χ1) is 12.0. The van der Waals surface area contributed by atoms with E-state index in [1.807, 2.05) is 31.2 Å². The van der Waals surface area contributed by atoms with Crippen LogP contribution in [-0.4, -0.2) is 49.2 Å². The molecule has 8 heteroatoms. The summed E-state index contributed by atoms with van der Waals surface area (Å²) < 4.78 is 30.9. The molecule has 0 saturated carbocycles. The Morgan fingerprint density at radius 3 is 2.60 bits per heavy atom. The van der Waals surface area contributed by atoms with Gasteiger partial charge < -0.3 is 9.84 Å². The number of aromatic nitrogens is 1. The molecule has 1 aliphatic heterocycles. The van der Waals surface area contributed by atoms with Gasteiger partial charge in [-0.05, 0) is 19.8 Å². The van der Waals surface area contributed by atoms with Gasteiger partial charge in [-0.1, -0.05) is 35.0 Å². The minimum atomic E-state index is -3.30. The molecule has 0 radical (unpaired) electrons. The molecule has 1 aliphatic rings. The van der Waals surface area contributed by atoms with Crippen LogP contribution in [0.5, 0.6) is 0 Å². The van der Waals surface area contributed by atoms with E-state index in [0.717, 1.165) is 24.0 Å². The van der Waals surface area contributed by atoms with Crippen molar-refractivity contribution in [3.8, 4) is 11.3 Å². The van der Waals surface area contributed by atoms with Crippen molar-refractivity contribution >= 4 is 15.9 Å². The van der Waals surface area contributed by atoms with Crippen molar-refractivity contribution in [1.82, 2.24) is 14.8 Å². The molecule has 25 heavy (non-hydrogen) atoms. The zero-order chi connectivity index (χ0) is 17.9. The molecule has 3 rings (SSSR count). The number of hydrogen-bond acceptors (Lipinski definition) is 5. The van der Waals surface area contributed by atoms with Gasteiger partial charge in [0.15, 0.2) is 11.5 Å². The molecule has 0 bridgehead atoms. The highest BCUT2D eigenvalue weighted by atomic mass is 32.2. The molecular weight excluding hydrogens is 342 g/mol. The Balaban J connectivity index is 1.56. The lowest BCUT2D eigenvalue weighted by Gasteiger charge is -2.15. The van der Waals surface area contributed by atoms with Gasteiger partial charge in [-0.2, -0.15) is 0 Å². The van der Waals surface area contributed by atoms with E-state index < -0.39 is 15.9 Å². The van der Waals surface area contributed by atoms with E-state index in [2.05, 4.69) is 10.5 Å². The molecule has 2 heterocycles. The first kappa shape index (κ1) is 17.6. The third kappa shape index (κ3) is 4.26. The predicted molar refractivity (Wildman–Crippen MR) is 93.6 cm³/mol. The van der Waals surface area contributed by atoms with Crippen LogP contribution in [0.15, 0.2) is 34.9 Å². The van der Waals surface area contributed by atoms with Crippen LogP contribution in [0.25, 0.3) is 11.3 Å². The normalized spacial score (nSPS) is 15.4. The number of nitrogens with one attached hydrogen (secondary N) is 1. The summed E-state index contributed by atoms with van der Waals surface area (Å²) in [6.07, 6.45) is 1.79. The number of benzene rings is 1. The predicted octanol–water partition coefficient (Wildman–Crippen LogP) is 1.81. The molecule has 7 nitrogen and oxygen atoms in total. The largest absolute Gasteiger partial charge is 0.355 e. The molecule has 1 fully saturated rings. The number of aryl methyl sites for hydroxylation is 1. The van der Waals surface area contributed by atoms with E-state index in [-0.39, 0.29) is 18.0 Å². The highest BCUT2D eigenvalue weighted by molar-refractivity contribution is 7.89. The van der Waals surface area contributed by atoms with Gasteiger partial charge >= 0.3 is 0 Å². The Morgan fingerprint density at radius 1 is 1.24 bits per heavy atom. The SMILES string of the molecule is Cc1ccc(-c2cc(C(=O)NCCS(=O)(=O)N3CCCC3)no2)cc1. The van der Waals surface area contributed by atoms with Crippen LogP contribution in [0.4, 0.5) is 0 Å². The second-order valence-corrected chi connectivity index (χ2v) is 8.21. The maximum absolute atomic E-state index is 12.1. The average Bonchev–Trinajstić information content (AvgIpc) is 3.27. The second kappa shape index (κ2) is 7.37. The molecule has 0 spiro atoms. The molecule has 1 aromatic carbocycles. The van der Waals surface area contributed by atoms with Crippen molar-refractivity contribution in [3.63, 3.8) is 0 Å². The molecular formula is C17H21N3O4S. The van der Waals surface area contributed by atoms with Gasteiger partial charge in [-0.3, -0.25) is 4.79 Å². The standard InChI is InChI=1S/C17H21N3O4S/c1-13-4-6-14(7-5-13)16-12-15(19-24-16)17(21)18-8-11-25(22,23)20-9-2-3-10-20/h4-7,12H,2-3,8-11H2,1H3,(H,18,21). The van der Waals surface area contributed by atoms with Gasteiger partial charge in [0.25, 0.3) is 5.91 Å². The van der Waals surface area contributed by atoms with Crippen LogP contribution in [0.1, 0.15) is 28.9 Å². The third-order valence-corrected chi connectivity index (χ3v) is 6.05. The highest BCUT2D eigenvalue weighted by Crippen LogP contribution is 2.20. The molecule has 1 N–H and O–H groups in total. The van der Waals surface area contributed by atoms with Gasteiger partial charge in [0.2, 0.25) is 10.0 Å². The third-order valence-electron chi connectivity index (χ3n) is 4.18. The topological polar surface area (TPSA) is 92.5 Å². The fraction of sp³-hybridized carbons (Fsp3) is 0.412. The maximum atomic E-state index is 12.1. The summed E-state index contributed by atoms with van der Waals surface area (Å²) in [5.41, 5.74) is 2.09. The van der Waals surface area contributed by atoms with Gasteiger partial charge in [-0.15, -0.1) is 0 Å². The first-order valence-electron chi connectivity index (χ1n) is 8.25. The summed E-state index contributed by atoms with van der Waals surface area (Å²) in [5, 5.41) is 6.35. The van der Waals surface area contributed by atoms with E-state index in [1.54, 1.807) is 6.07 Å². The zero-order valence-corrected chi connectivity index (χ0v) is 14.9. The minimum Gasteiger partial charge on any atom is -0.355 e. The van der Waals surface area contributed by atoms with Crippen LogP contribution >= 0.6 is 0 Å². The van der Waals surface area contributed by atoms with Crippen molar-refractivity contribution in [1.29, 1.82) is 0 Å². The fourth-order valence-corrected chi connectivity index (χ4v) is 4.15. The van der Waals surface area contributed by atoms with Crippen LogP contribution in [0.2, 0.25) is 0 Å².